The van der Waals surface area contributed by atoms with Crippen molar-refractivity contribution < 1.29 is 0 Å². The Labute approximate surface area is 95.0 Å². The molecule has 0 amide bonds. The lowest BCUT2D eigenvalue weighted by atomic mass is 10.1. The monoisotopic (exact) mass is 229 g/mol. The van der Waals surface area contributed by atoms with Gasteiger partial charge in [-0.25, -0.2) is 0 Å². The highest BCUT2D eigenvalue weighted by atomic mass is 35.5. The summed E-state index contributed by atoms with van der Waals surface area (Å²) in [5, 5.41) is 0.783. The summed E-state index contributed by atoms with van der Waals surface area (Å²) in [7, 11) is 0. The van der Waals surface area contributed by atoms with E-state index in [1.54, 1.807) is 0 Å². The van der Waals surface area contributed by atoms with Crippen LogP contribution in [0.4, 0.5) is 0 Å². The number of halogens is 1. The van der Waals surface area contributed by atoms with Crippen molar-refractivity contribution in [2.75, 3.05) is 6.54 Å². The zero-order valence-corrected chi connectivity index (χ0v) is 10.2. The molecule has 0 atom stereocenters. The smallest absolute Gasteiger partial charge is 0.0406 e. The summed E-state index contributed by atoms with van der Waals surface area (Å²) < 4.78 is 0.197. The quantitative estimate of drug-likeness (QED) is 0.799. The van der Waals surface area contributed by atoms with E-state index >= 15 is 0 Å². The molecule has 0 radical (unpaired) electrons. The summed E-state index contributed by atoms with van der Waals surface area (Å²) in [6.07, 6.45) is 1.01. The van der Waals surface area contributed by atoms with Crippen LogP contribution in [0.1, 0.15) is 20.3 Å². The highest BCUT2D eigenvalue weighted by molar-refractivity contribution is 8.00. The van der Waals surface area contributed by atoms with Gasteiger partial charge in [-0.15, -0.1) is 11.8 Å². The zero-order chi connectivity index (χ0) is 10.6. The van der Waals surface area contributed by atoms with Gasteiger partial charge in [-0.2, -0.15) is 0 Å². The van der Waals surface area contributed by atoms with Gasteiger partial charge in [0, 0.05) is 14.7 Å². The molecular weight excluding hydrogens is 214 g/mol. The first kappa shape index (κ1) is 11.9. The summed E-state index contributed by atoms with van der Waals surface area (Å²) in [6.45, 7) is 5.14. The molecule has 1 aromatic carbocycles. The SMILES string of the molecule is CC(C)(CCN)Sc1ccc(Cl)cc1. The van der Waals surface area contributed by atoms with Gasteiger partial charge in [0.05, 0.1) is 0 Å². The van der Waals surface area contributed by atoms with E-state index in [0.717, 1.165) is 18.0 Å². The zero-order valence-electron chi connectivity index (χ0n) is 8.59. The maximum Gasteiger partial charge on any atom is 0.0406 e. The molecular formula is C11H16ClNS. The Morgan fingerprint density at radius 3 is 2.36 bits per heavy atom. The lowest BCUT2D eigenvalue weighted by Crippen LogP contribution is -2.19. The Morgan fingerprint density at radius 2 is 1.86 bits per heavy atom. The molecule has 0 aromatic heterocycles. The van der Waals surface area contributed by atoms with E-state index in [1.807, 2.05) is 36.0 Å². The van der Waals surface area contributed by atoms with Crippen LogP contribution >= 0.6 is 23.4 Å². The first-order valence-electron chi connectivity index (χ1n) is 4.68. The van der Waals surface area contributed by atoms with Crippen LogP contribution in [0.3, 0.4) is 0 Å². The molecule has 14 heavy (non-hydrogen) atoms. The Morgan fingerprint density at radius 1 is 1.29 bits per heavy atom. The molecule has 1 nitrogen and oxygen atoms in total. The highest BCUT2D eigenvalue weighted by Crippen LogP contribution is 2.34. The summed E-state index contributed by atoms with van der Waals surface area (Å²) in [5.41, 5.74) is 5.56. The first-order valence-corrected chi connectivity index (χ1v) is 5.87. The summed E-state index contributed by atoms with van der Waals surface area (Å²) in [5.74, 6) is 0. The molecule has 0 spiro atoms. The molecule has 0 saturated heterocycles. The van der Waals surface area contributed by atoms with Crippen molar-refractivity contribution in [3.05, 3.63) is 29.3 Å². The van der Waals surface area contributed by atoms with Crippen molar-refractivity contribution >= 4 is 23.4 Å². The molecule has 0 unspecified atom stereocenters. The van der Waals surface area contributed by atoms with E-state index in [-0.39, 0.29) is 4.75 Å². The number of rotatable bonds is 4. The van der Waals surface area contributed by atoms with Crippen LogP contribution in [0, 0.1) is 0 Å². The molecule has 1 rings (SSSR count). The molecule has 0 aliphatic heterocycles. The van der Waals surface area contributed by atoms with Crippen molar-refractivity contribution in [1.82, 2.24) is 0 Å². The molecule has 2 N–H and O–H groups in total. The van der Waals surface area contributed by atoms with Crippen molar-refractivity contribution in [2.45, 2.75) is 29.9 Å². The minimum atomic E-state index is 0.197. The van der Waals surface area contributed by atoms with Gasteiger partial charge in [-0.3, -0.25) is 0 Å². The molecule has 78 valence electrons. The van der Waals surface area contributed by atoms with Gasteiger partial charge < -0.3 is 5.73 Å². The number of thioether (sulfide) groups is 1. The normalized spacial score (nSPS) is 11.7. The summed E-state index contributed by atoms with van der Waals surface area (Å²) >= 11 is 7.66. The maximum absolute atomic E-state index is 5.81. The van der Waals surface area contributed by atoms with E-state index in [2.05, 4.69) is 13.8 Å². The van der Waals surface area contributed by atoms with Crippen LogP contribution in [0.5, 0.6) is 0 Å². The Balaban J connectivity index is 2.64. The second-order valence-corrected chi connectivity index (χ2v) is 6.07. The average Bonchev–Trinajstić information content (AvgIpc) is 2.08. The van der Waals surface area contributed by atoms with Gasteiger partial charge in [0.15, 0.2) is 0 Å². The topological polar surface area (TPSA) is 26.0 Å². The maximum atomic E-state index is 5.81. The van der Waals surface area contributed by atoms with Crippen LogP contribution < -0.4 is 5.73 Å². The molecule has 0 heterocycles. The van der Waals surface area contributed by atoms with Crippen molar-refractivity contribution in [3.8, 4) is 0 Å². The number of nitrogens with two attached hydrogens (primary N) is 1. The Hall–Kier alpha value is -0.180. The lowest BCUT2D eigenvalue weighted by molar-refractivity contribution is 0.649. The number of benzene rings is 1. The van der Waals surface area contributed by atoms with E-state index in [4.69, 9.17) is 17.3 Å². The van der Waals surface area contributed by atoms with Crippen LogP contribution in [-0.4, -0.2) is 11.3 Å². The van der Waals surface area contributed by atoms with Crippen molar-refractivity contribution in [3.63, 3.8) is 0 Å². The molecule has 0 saturated carbocycles. The van der Waals surface area contributed by atoms with Gasteiger partial charge in [-0.05, 0) is 37.2 Å². The van der Waals surface area contributed by atoms with Crippen LogP contribution in [0.15, 0.2) is 29.2 Å². The van der Waals surface area contributed by atoms with Crippen LogP contribution in [-0.2, 0) is 0 Å². The minimum absolute atomic E-state index is 0.197. The predicted octanol–water partition coefficient (Wildman–Crippen LogP) is 3.56. The molecule has 3 heteroatoms. The third-order valence-corrected chi connectivity index (χ3v) is 3.47. The van der Waals surface area contributed by atoms with E-state index in [0.29, 0.717) is 0 Å². The fourth-order valence-electron chi connectivity index (χ4n) is 1.22. The van der Waals surface area contributed by atoms with Gasteiger partial charge in [0.2, 0.25) is 0 Å². The van der Waals surface area contributed by atoms with Crippen molar-refractivity contribution in [1.29, 1.82) is 0 Å². The van der Waals surface area contributed by atoms with Gasteiger partial charge in [-0.1, -0.05) is 25.4 Å². The number of hydrogen-bond acceptors (Lipinski definition) is 2. The van der Waals surface area contributed by atoms with E-state index < -0.39 is 0 Å². The van der Waals surface area contributed by atoms with Crippen molar-refractivity contribution in [2.24, 2.45) is 5.73 Å². The predicted molar refractivity (Wildman–Crippen MR) is 65.1 cm³/mol. The Kier molecular flexibility index (Phi) is 4.30. The molecule has 0 aliphatic rings. The van der Waals surface area contributed by atoms with E-state index in [9.17, 15) is 0 Å². The standard InChI is InChI=1S/C11H16ClNS/c1-11(2,7-8-13)14-10-5-3-9(12)4-6-10/h3-6H,7-8,13H2,1-2H3. The fourth-order valence-corrected chi connectivity index (χ4v) is 2.48. The third kappa shape index (κ3) is 3.91. The van der Waals surface area contributed by atoms with Crippen LogP contribution in [0.2, 0.25) is 5.02 Å². The molecule has 0 aliphatic carbocycles. The highest BCUT2D eigenvalue weighted by Gasteiger charge is 2.17. The second-order valence-electron chi connectivity index (χ2n) is 3.85. The molecule has 0 fully saturated rings. The van der Waals surface area contributed by atoms with Gasteiger partial charge in [0.1, 0.15) is 0 Å². The number of hydrogen-bond donors (Lipinski definition) is 1. The third-order valence-electron chi connectivity index (χ3n) is 1.95. The summed E-state index contributed by atoms with van der Waals surface area (Å²) in [6, 6.07) is 7.93. The first-order chi connectivity index (χ1) is 6.53. The molecule has 1 aromatic rings. The average molecular weight is 230 g/mol. The minimum Gasteiger partial charge on any atom is -0.330 e. The fraction of sp³-hybridized carbons (Fsp3) is 0.455. The second kappa shape index (κ2) is 5.06. The largest absolute Gasteiger partial charge is 0.330 e. The lowest BCUT2D eigenvalue weighted by Gasteiger charge is -2.23. The van der Waals surface area contributed by atoms with Crippen LogP contribution in [0.25, 0.3) is 0 Å². The van der Waals surface area contributed by atoms with E-state index in [1.165, 1.54) is 4.90 Å². The van der Waals surface area contributed by atoms with Gasteiger partial charge >= 0.3 is 0 Å². The Bertz CT molecular complexity index is 282. The van der Waals surface area contributed by atoms with Gasteiger partial charge in [0.25, 0.3) is 0 Å². The summed E-state index contributed by atoms with van der Waals surface area (Å²) in [4.78, 5) is 1.24. The molecule has 0 bridgehead atoms.